The van der Waals surface area contributed by atoms with Gasteiger partial charge in [0.2, 0.25) is 0 Å². The van der Waals surface area contributed by atoms with Gasteiger partial charge in [-0.2, -0.15) is 11.8 Å². The Hall–Kier alpha value is 0.270. The van der Waals surface area contributed by atoms with Crippen molar-refractivity contribution in [2.24, 2.45) is 10.4 Å². The van der Waals surface area contributed by atoms with Crippen LogP contribution in [-0.4, -0.2) is 85.8 Å². The molecule has 3 rings (SSSR count). The van der Waals surface area contributed by atoms with E-state index in [4.69, 9.17) is 4.74 Å². The minimum atomic E-state index is 0. The first-order chi connectivity index (χ1) is 12.2. The summed E-state index contributed by atoms with van der Waals surface area (Å²) in [5.74, 6) is 3.61. The van der Waals surface area contributed by atoms with Crippen LogP contribution in [0.3, 0.4) is 0 Å². The highest BCUT2D eigenvalue weighted by Gasteiger charge is 2.42. The third-order valence-corrected chi connectivity index (χ3v) is 8.02. The summed E-state index contributed by atoms with van der Waals surface area (Å²) in [6.07, 6.45) is 5.11. The Morgan fingerprint density at radius 2 is 1.88 bits per heavy atom. The van der Waals surface area contributed by atoms with E-state index in [2.05, 4.69) is 45.7 Å². The lowest BCUT2D eigenvalue weighted by molar-refractivity contribution is -0.0121. The van der Waals surface area contributed by atoms with Crippen LogP contribution in [0.1, 0.15) is 39.5 Å². The SMILES string of the molecule is CCC1(CC)CCN(C(=NC)NCC2(N3CCOCC3)CCSC2)C1.I. The van der Waals surface area contributed by atoms with E-state index in [0.29, 0.717) is 5.41 Å². The summed E-state index contributed by atoms with van der Waals surface area (Å²) >= 11 is 2.10. The van der Waals surface area contributed by atoms with Crippen LogP contribution in [-0.2, 0) is 4.74 Å². The molecule has 0 aromatic carbocycles. The van der Waals surface area contributed by atoms with E-state index >= 15 is 0 Å². The van der Waals surface area contributed by atoms with Crippen molar-refractivity contribution < 1.29 is 4.74 Å². The van der Waals surface area contributed by atoms with Gasteiger partial charge in [0.25, 0.3) is 0 Å². The maximum atomic E-state index is 5.58. The Kier molecular flexibility index (Phi) is 8.82. The van der Waals surface area contributed by atoms with Crippen LogP contribution in [0.4, 0.5) is 0 Å². The molecule has 0 amide bonds. The first-order valence-corrected chi connectivity index (χ1v) is 11.2. The van der Waals surface area contributed by atoms with Crippen molar-refractivity contribution in [2.75, 3.05) is 64.5 Å². The van der Waals surface area contributed by atoms with Gasteiger partial charge in [-0.15, -0.1) is 24.0 Å². The van der Waals surface area contributed by atoms with Crippen LogP contribution in [0.5, 0.6) is 0 Å². The van der Waals surface area contributed by atoms with E-state index in [-0.39, 0.29) is 29.5 Å². The molecule has 3 aliphatic rings. The van der Waals surface area contributed by atoms with Crippen LogP contribution in [0.2, 0.25) is 0 Å². The Balaban J connectivity index is 0.00000243. The smallest absolute Gasteiger partial charge is 0.193 e. The molecular formula is C19H37IN4OS. The molecule has 26 heavy (non-hydrogen) atoms. The standard InChI is InChI=1S/C19H36N4OS.HI/c1-4-18(5-2)6-8-22(15-18)17(20-3)21-14-19(7-13-25-16-19)23-9-11-24-12-10-23;/h4-16H2,1-3H3,(H,20,21);1H. The first-order valence-electron chi connectivity index (χ1n) is 10.0. The fourth-order valence-electron chi connectivity index (χ4n) is 4.65. The molecule has 3 heterocycles. The third-order valence-electron chi connectivity index (χ3n) is 6.79. The molecule has 1 unspecified atom stereocenters. The van der Waals surface area contributed by atoms with Gasteiger partial charge in [-0.05, 0) is 36.9 Å². The summed E-state index contributed by atoms with van der Waals surface area (Å²) in [4.78, 5) is 9.78. The summed E-state index contributed by atoms with van der Waals surface area (Å²) in [5.41, 5.74) is 0.763. The van der Waals surface area contributed by atoms with Crippen molar-refractivity contribution >= 4 is 41.7 Å². The van der Waals surface area contributed by atoms with Crippen molar-refractivity contribution in [1.82, 2.24) is 15.1 Å². The predicted octanol–water partition coefficient (Wildman–Crippen LogP) is 2.90. The number of halogens is 1. The largest absolute Gasteiger partial charge is 0.379 e. The van der Waals surface area contributed by atoms with E-state index < -0.39 is 0 Å². The third kappa shape index (κ3) is 4.81. The van der Waals surface area contributed by atoms with Crippen LogP contribution in [0, 0.1) is 5.41 Å². The number of ether oxygens (including phenoxy) is 1. The number of guanidine groups is 1. The zero-order valence-corrected chi connectivity index (χ0v) is 19.9. The number of rotatable bonds is 5. The number of morpholine rings is 1. The highest BCUT2D eigenvalue weighted by molar-refractivity contribution is 14.0. The van der Waals surface area contributed by atoms with Gasteiger partial charge in [-0.3, -0.25) is 9.89 Å². The molecule has 3 fully saturated rings. The highest BCUT2D eigenvalue weighted by Crippen LogP contribution is 2.37. The Morgan fingerprint density at radius 3 is 2.42 bits per heavy atom. The van der Waals surface area contributed by atoms with Gasteiger partial charge in [-0.1, -0.05) is 13.8 Å². The highest BCUT2D eigenvalue weighted by atomic mass is 127. The zero-order valence-electron chi connectivity index (χ0n) is 16.8. The molecule has 0 aromatic heterocycles. The Bertz CT molecular complexity index is 460. The van der Waals surface area contributed by atoms with E-state index in [0.717, 1.165) is 51.9 Å². The van der Waals surface area contributed by atoms with E-state index in [9.17, 15) is 0 Å². The van der Waals surface area contributed by atoms with Gasteiger partial charge in [0, 0.05) is 51.1 Å². The molecule has 0 aliphatic carbocycles. The molecule has 0 radical (unpaired) electrons. The Labute approximate surface area is 181 Å². The fraction of sp³-hybridized carbons (Fsp3) is 0.947. The molecule has 3 aliphatic heterocycles. The van der Waals surface area contributed by atoms with Crippen molar-refractivity contribution in [3.05, 3.63) is 0 Å². The summed E-state index contributed by atoms with van der Waals surface area (Å²) in [5, 5.41) is 3.76. The molecule has 1 N–H and O–H groups in total. The van der Waals surface area contributed by atoms with Gasteiger partial charge in [-0.25, -0.2) is 0 Å². The van der Waals surface area contributed by atoms with Crippen LogP contribution < -0.4 is 5.32 Å². The number of likely N-dealkylation sites (tertiary alicyclic amines) is 1. The molecular weight excluding hydrogens is 459 g/mol. The second-order valence-electron chi connectivity index (χ2n) is 7.91. The summed E-state index contributed by atoms with van der Waals surface area (Å²) < 4.78 is 5.58. The minimum absolute atomic E-state index is 0. The van der Waals surface area contributed by atoms with Crippen molar-refractivity contribution in [2.45, 2.75) is 45.1 Å². The van der Waals surface area contributed by atoms with Gasteiger partial charge in [0.1, 0.15) is 0 Å². The maximum absolute atomic E-state index is 5.58. The quantitative estimate of drug-likeness (QED) is 0.360. The second-order valence-corrected chi connectivity index (χ2v) is 9.01. The lowest BCUT2D eigenvalue weighted by atomic mass is 9.82. The minimum Gasteiger partial charge on any atom is -0.379 e. The first kappa shape index (κ1) is 22.6. The summed E-state index contributed by atoms with van der Waals surface area (Å²) in [7, 11) is 1.94. The number of hydrogen-bond acceptors (Lipinski definition) is 4. The molecule has 0 saturated carbocycles. The average molecular weight is 497 g/mol. The number of hydrogen-bond donors (Lipinski definition) is 1. The van der Waals surface area contributed by atoms with Crippen LogP contribution in [0.15, 0.2) is 4.99 Å². The lowest BCUT2D eigenvalue weighted by Crippen LogP contribution is -2.60. The summed E-state index contributed by atoms with van der Waals surface area (Å²) in [6, 6.07) is 0. The number of nitrogens with zero attached hydrogens (tertiary/aromatic N) is 3. The molecule has 0 spiro atoms. The lowest BCUT2D eigenvalue weighted by Gasteiger charge is -2.43. The average Bonchev–Trinajstić information content (AvgIpc) is 3.32. The van der Waals surface area contributed by atoms with Gasteiger partial charge in [0.05, 0.1) is 13.2 Å². The van der Waals surface area contributed by atoms with Gasteiger partial charge < -0.3 is 15.0 Å². The normalized spacial score (nSPS) is 29.7. The summed E-state index contributed by atoms with van der Waals surface area (Å²) in [6.45, 7) is 11.9. The van der Waals surface area contributed by atoms with Gasteiger partial charge in [0.15, 0.2) is 5.96 Å². The number of thioether (sulfide) groups is 1. The number of nitrogens with one attached hydrogen (secondary N) is 1. The van der Waals surface area contributed by atoms with Gasteiger partial charge >= 0.3 is 0 Å². The van der Waals surface area contributed by atoms with Crippen molar-refractivity contribution in [3.8, 4) is 0 Å². The maximum Gasteiger partial charge on any atom is 0.193 e. The monoisotopic (exact) mass is 496 g/mol. The topological polar surface area (TPSA) is 40.1 Å². The van der Waals surface area contributed by atoms with E-state index in [1.807, 2.05) is 7.05 Å². The Morgan fingerprint density at radius 1 is 1.15 bits per heavy atom. The van der Waals surface area contributed by atoms with E-state index in [1.165, 1.54) is 37.2 Å². The van der Waals surface area contributed by atoms with Crippen LogP contribution in [0.25, 0.3) is 0 Å². The van der Waals surface area contributed by atoms with Crippen molar-refractivity contribution in [3.63, 3.8) is 0 Å². The predicted molar refractivity (Wildman–Crippen MR) is 123 cm³/mol. The molecule has 3 saturated heterocycles. The molecule has 152 valence electrons. The van der Waals surface area contributed by atoms with Crippen molar-refractivity contribution in [1.29, 1.82) is 0 Å². The fourth-order valence-corrected chi connectivity index (χ4v) is 6.13. The molecule has 0 bridgehead atoms. The van der Waals surface area contributed by atoms with Crippen LogP contribution >= 0.6 is 35.7 Å². The number of aliphatic imine (C=N–C) groups is 1. The molecule has 0 aromatic rings. The zero-order chi connectivity index (χ0) is 17.8. The molecule has 7 heteroatoms. The second kappa shape index (κ2) is 10.2. The van der Waals surface area contributed by atoms with E-state index in [1.54, 1.807) is 0 Å². The molecule has 5 nitrogen and oxygen atoms in total. The molecule has 1 atom stereocenters.